The van der Waals surface area contributed by atoms with Crippen molar-refractivity contribution in [3.63, 3.8) is 0 Å². The first-order chi connectivity index (χ1) is 11.4. The summed E-state index contributed by atoms with van der Waals surface area (Å²) >= 11 is 0. The molecule has 1 aliphatic heterocycles. The number of aromatic nitrogens is 2. The summed E-state index contributed by atoms with van der Waals surface area (Å²) in [6.07, 6.45) is 3.17. The molecular weight excluding hydrogens is 315 g/mol. The third-order valence-corrected chi connectivity index (χ3v) is 4.15. The van der Waals surface area contributed by atoms with Gasteiger partial charge < -0.3 is 16.0 Å². The molecular formula is C15H25FN6O2. The predicted octanol–water partition coefficient (Wildman–Crippen LogP) is -1.13. The number of carbonyl (C=O) groups excluding carboxylic acids is 2. The van der Waals surface area contributed by atoms with Gasteiger partial charge in [-0.3, -0.25) is 19.2 Å². The minimum atomic E-state index is -0.896. The Morgan fingerprint density at radius 2 is 2.29 bits per heavy atom. The number of nitrogens with zero attached hydrogens (tertiary/aromatic N) is 4. The number of nitrogens with one attached hydrogen (secondary N) is 1. The summed E-state index contributed by atoms with van der Waals surface area (Å²) in [5.74, 6) is -0.597. The van der Waals surface area contributed by atoms with Gasteiger partial charge in [0, 0.05) is 51.5 Å². The minimum absolute atomic E-state index is 0.0561. The van der Waals surface area contributed by atoms with Crippen molar-refractivity contribution in [1.82, 2.24) is 24.9 Å². The van der Waals surface area contributed by atoms with Gasteiger partial charge in [-0.05, 0) is 6.42 Å². The van der Waals surface area contributed by atoms with Crippen LogP contribution < -0.4 is 11.1 Å². The number of likely N-dealkylation sites (N-methyl/N-ethyl adjacent to an activating group) is 1. The number of rotatable bonds is 7. The molecule has 1 saturated heterocycles. The fourth-order valence-electron chi connectivity index (χ4n) is 2.89. The molecule has 2 rings (SSSR count). The van der Waals surface area contributed by atoms with E-state index in [9.17, 15) is 14.0 Å². The van der Waals surface area contributed by atoms with E-state index in [0.29, 0.717) is 26.1 Å². The van der Waals surface area contributed by atoms with Crippen molar-refractivity contribution >= 4 is 11.8 Å². The van der Waals surface area contributed by atoms with Crippen molar-refractivity contribution in [1.29, 1.82) is 0 Å². The standard InChI is InChI=1S/C15H25FN6O2/c1-20(15(24)6-18-14(23)4-17)10-13-3-12(16)9-22(13)8-11-5-19-21(2)7-11/h5,7,12-13H,3-4,6,8-10,17H2,1-2H3,(H,18,23)/t12-,13-/m0/s1. The second-order valence-corrected chi connectivity index (χ2v) is 6.19. The van der Waals surface area contributed by atoms with Crippen LogP contribution in [0.2, 0.25) is 0 Å². The summed E-state index contributed by atoms with van der Waals surface area (Å²) in [7, 11) is 3.50. The molecule has 0 radical (unpaired) electrons. The highest BCUT2D eigenvalue weighted by molar-refractivity contribution is 5.85. The molecule has 0 unspecified atom stereocenters. The molecule has 0 saturated carbocycles. The lowest BCUT2D eigenvalue weighted by molar-refractivity contribution is -0.132. The molecule has 1 fully saturated rings. The Bertz CT molecular complexity index is 578. The van der Waals surface area contributed by atoms with Gasteiger partial charge in [0.15, 0.2) is 0 Å². The molecule has 2 atom stereocenters. The number of alkyl halides is 1. The number of halogens is 1. The van der Waals surface area contributed by atoms with Gasteiger partial charge in [-0.15, -0.1) is 0 Å². The normalized spacial score (nSPS) is 21.0. The number of carbonyl (C=O) groups is 2. The first-order valence-corrected chi connectivity index (χ1v) is 7.95. The van der Waals surface area contributed by atoms with Crippen molar-refractivity contribution in [3.8, 4) is 0 Å². The summed E-state index contributed by atoms with van der Waals surface area (Å²) in [4.78, 5) is 26.7. The summed E-state index contributed by atoms with van der Waals surface area (Å²) in [6.45, 7) is 1.12. The molecule has 0 aromatic carbocycles. The molecule has 8 nitrogen and oxygen atoms in total. The van der Waals surface area contributed by atoms with Crippen molar-refractivity contribution in [2.75, 3.05) is 33.2 Å². The molecule has 0 spiro atoms. The predicted molar refractivity (Wildman–Crippen MR) is 86.6 cm³/mol. The van der Waals surface area contributed by atoms with Crippen LogP contribution in [0, 0.1) is 0 Å². The molecule has 2 heterocycles. The van der Waals surface area contributed by atoms with Gasteiger partial charge in [-0.2, -0.15) is 5.10 Å². The topological polar surface area (TPSA) is 96.5 Å². The van der Waals surface area contributed by atoms with E-state index in [0.717, 1.165) is 5.56 Å². The maximum absolute atomic E-state index is 13.8. The van der Waals surface area contributed by atoms with Crippen molar-refractivity contribution in [2.24, 2.45) is 12.8 Å². The monoisotopic (exact) mass is 340 g/mol. The molecule has 0 aliphatic carbocycles. The number of hydrogen-bond acceptors (Lipinski definition) is 5. The van der Waals surface area contributed by atoms with Gasteiger partial charge in [0.05, 0.1) is 19.3 Å². The van der Waals surface area contributed by atoms with Gasteiger partial charge in [0.2, 0.25) is 11.8 Å². The Labute approximate surface area is 140 Å². The van der Waals surface area contributed by atoms with E-state index in [4.69, 9.17) is 5.73 Å². The zero-order valence-electron chi connectivity index (χ0n) is 14.1. The molecule has 24 heavy (non-hydrogen) atoms. The van der Waals surface area contributed by atoms with E-state index in [-0.39, 0.29) is 30.9 Å². The molecule has 1 aromatic heterocycles. The van der Waals surface area contributed by atoms with E-state index < -0.39 is 6.17 Å². The van der Waals surface area contributed by atoms with Crippen LogP contribution in [-0.2, 0) is 23.2 Å². The van der Waals surface area contributed by atoms with Crippen LogP contribution in [0.3, 0.4) is 0 Å². The van der Waals surface area contributed by atoms with Crippen LogP contribution >= 0.6 is 0 Å². The average Bonchev–Trinajstić information content (AvgIpc) is 3.10. The second-order valence-electron chi connectivity index (χ2n) is 6.19. The molecule has 2 amide bonds. The zero-order valence-corrected chi connectivity index (χ0v) is 14.1. The van der Waals surface area contributed by atoms with Gasteiger partial charge in [-0.25, -0.2) is 4.39 Å². The van der Waals surface area contributed by atoms with Crippen LogP contribution in [0.4, 0.5) is 4.39 Å². The van der Waals surface area contributed by atoms with E-state index in [1.54, 1.807) is 17.9 Å². The number of aryl methyl sites for hydroxylation is 1. The van der Waals surface area contributed by atoms with Crippen LogP contribution in [0.25, 0.3) is 0 Å². The highest BCUT2D eigenvalue weighted by atomic mass is 19.1. The number of likely N-dealkylation sites (tertiary alicyclic amines) is 1. The number of amides is 2. The Kier molecular flexibility index (Phi) is 6.27. The smallest absolute Gasteiger partial charge is 0.241 e. The number of hydrogen-bond donors (Lipinski definition) is 2. The highest BCUT2D eigenvalue weighted by Gasteiger charge is 2.33. The van der Waals surface area contributed by atoms with Crippen LogP contribution in [-0.4, -0.2) is 76.8 Å². The van der Waals surface area contributed by atoms with E-state index in [1.165, 1.54) is 4.90 Å². The first kappa shape index (κ1) is 18.3. The average molecular weight is 340 g/mol. The van der Waals surface area contributed by atoms with Gasteiger partial charge in [0.25, 0.3) is 0 Å². The Hall–Kier alpha value is -2.00. The van der Waals surface area contributed by atoms with Crippen molar-refractivity contribution in [3.05, 3.63) is 18.0 Å². The Balaban J connectivity index is 1.88. The molecule has 1 aromatic rings. The van der Waals surface area contributed by atoms with Crippen LogP contribution in [0.15, 0.2) is 12.4 Å². The quantitative estimate of drug-likeness (QED) is 0.654. The largest absolute Gasteiger partial charge is 0.346 e. The summed E-state index contributed by atoms with van der Waals surface area (Å²) < 4.78 is 15.6. The Morgan fingerprint density at radius 1 is 1.54 bits per heavy atom. The SMILES string of the molecule is CN(C[C@@H]1C[C@H](F)CN1Cc1cnn(C)c1)C(=O)CNC(=O)CN. The third kappa shape index (κ3) is 5.00. The molecule has 1 aliphatic rings. The van der Waals surface area contributed by atoms with Crippen LogP contribution in [0.5, 0.6) is 0 Å². The zero-order chi connectivity index (χ0) is 17.7. The molecule has 9 heteroatoms. The lowest BCUT2D eigenvalue weighted by Crippen LogP contribution is -2.45. The molecule has 3 N–H and O–H groups in total. The van der Waals surface area contributed by atoms with E-state index in [1.807, 2.05) is 18.1 Å². The third-order valence-electron chi connectivity index (χ3n) is 4.15. The van der Waals surface area contributed by atoms with Gasteiger partial charge in [0.1, 0.15) is 6.17 Å². The highest BCUT2D eigenvalue weighted by Crippen LogP contribution is 2.23. The van der Waals surface area contributed by atoms with Gasteiger partial charge in [-0.1, -0.05) is 0 Å². The lowest BCUT2D eigenvalue weighted by Gasteiger charge is -2.28. The summed E-state index contributed by atoms with van der Waals surface area (Å²) in [5, 5.41) is 6.57. The minimum Gasteiger partial charge on any atom is -0.346 e. The fourth-order valence-corrected chi connectivity index (χ4v) is 2.89. The fraction of sp³-hybridized carbons (Fsp3) is 0.667. The summed E-state index contributed by atoms with van der Waals surface area (Å²) in [6, 6.07) is -0.0561. The summed E-state index contributed by atoms with van der Waals surface area (Å²) in [5.41, 5.74) is 6.20. The van der Waals surface area contributed by atoms with E-state index in [2.05, 4.69) is 10.4 Å². The maximum atomic E-state index is 13.8. The molecule has 134 valence electrons. The van der Waals surface area contributed by atoms with Crippen molar-refractivity contribution in [2.45, 2.75) is 25.2 Å². The second kappa shape index (κ2) is 8.20. The first-order valence-electron chi connectivity index (χ1n) is 7.95. The van der Waals surface area contributed by atoms with Crippen molar-refractivity contribution < 1.29 is 14.0 Å². The lowest BCUT2D eigenvalue weighted by atomic mass is 10.2. The Morgan fingerprint density at radius 3 is 2.92 bits per heavy atom. The van der Waals surface area contributed by atoms with Crippen LogP contribution in [0.1, 0.15) is 12.0 Å². The maximum Gasteiger partial charge on any atom is 0.241 e. The number of nitrogens with two attached hydrogens (primary N) is 1. The van der Waals surface area contributed by atoms with E-state index >= 15 is 0 Å². The molecule has 0 bridgehead atoms. The van der Waals surface area contributed by atoms with Gasteiger partial charge >= 0.3 is 0 Å².